The van der Waals surface area contributed by atoms with Crippen LogP contribution in [0.5, 0.6) is 0 Å². The van der Waals surface area contributed by atoms with Gasteiger partial charge >= 0.3 is 0 Å². The van der Waals surface area contributed by atoms with Crippen molar-refractivity contribution in [3.05, 3.63) is 12.3 Å². The van der Waals surface area contributed by atoms with Crippen LogP contribution in [-0.2, 0) is 4.74 Å². The number of rotatable bonds is 6. The van der Waals surface area contributed by atoms with E-state index in [9.17, 15) is 0 Å². The Morgan fingerprint density at radius 2 is 1.75 bits per heavy atom. The van der Waals surface area contributed by atoms with Crippen LogP contribution in [0.4, 0.5) is 0 Å². The predicted molar refractivity (Wildman–Crippen MR) is 86.6 cm³/mol. The van der Waals surface area contributed by atoms with E-state index in [4.69, 9.17) is 4.74 Å². The van der Waals surface area contributed by atoms with Gasteiger partial charge in [0.1, 0.15) is 0 Å². The molecule has 0 saturated heterocycles. The highest BCUT2D eigenvalue weighted by Crippen LogP contribution is 2.41. The van der Waals surface area contributed by atoms with Gasteiger partial charge in [-0.15, -0.1) is 0 Å². The molecule has 1 heteroatoms. The Balaban J connectivity index is 1.73. The summed E-state index contributed by atoms with van der Waals surface area (Å²) < 4.78 is 5.97. The van der Waals surface area contributed by atoms with E-state index in [-0.39, 0.29) is 0 Å². The molecular weight excluding hydrogens is 244 g/mol. The van der Waals surface area contributed by atoms with Crippen LogP contribution in [0.25, 0.3) is 0 Å². The Labute approximate surface area is 126 Å². The molecule has 20 heavy (non-hydrogen) atoms. The highest BCUT2D eigenvalue weighted by molar-refractivity contribution is 4.84. The molecule has 0 bridgehead atoms. The summed E-state index contributed by atoms with van der Waals surface area (Å²) in [6, 6.07) is 0. The minimum Gasteiger partial charge on any atom is -0.498 e. The van der Waals surface area contributed by atoms with E-state index in [2.05, 4.69) is 19.9 Å². The van der Waals surface area contributed by atoms with Crippen molar-refractivity contribution in [2.75, 3.05) is 0 Å². The average molecular weight is 278 g/mol. The fraction of sp³-hybridized carbons (Fsp3) is 0.895. The maximum absolute atomic E-state index is 5.97. The average Bonchev–Trinajstić information content (AvgIpc) is 2.52. The van der Waals surface area contributed by atoms with Gasteiger partial charge in [0, 0.05) is 0 Å². The zero-order chi connectivity index (χ0) is 14.2. The minimum absolute atomic E-state index is 0.505. The second-order valence-corrected chi connectivity index (χ2v) is 7.03. The summed E-state index contributed by atoms with van der Waals surface area (Å²) in [5, 5.41) is 0. The Morgan fingerprint density at radius 1 is 0.950 bits per heavy atom. The second-order valence-electron chi connectivity index (χ2n) is 7.03. The number of ether oxygens (including phenoxy) is 1. The highest BCUT2D eigenvalue weighted by atomic mass is 16.5. The monoisotopic (exact) mass is 278 g/mol. The SMILES string of the molecule is CCC/C=C/O[C@@H]1CCC[C@@H](C2CCC(CC)CC2)C1. The lowest BCUT2D eigenvalue weighted by Gasteiger charge is -2.38. The first-order chi connectivity index (χ1) is 9.83. The van der Waals surface area contributed by atoms with Gasteiger partial charge in [0.15, 0.2) is 0 Å². The molecule has 0 unspecified atom stereocenters. The fourth-order valence-electron chi connectivity index (χ4n) is 4.20. The Hall–Kier alpha value is -0.460. The Bertz CT molecular complexity index is 275. The lowest BCUT2D eigenvalue weighted by atomic mass is 9.70. The lowest BCUT2D eigenvalue weighted by Crippen LogP contribution is -2.29. The number of hydrogen-bond donors (Lipinski definition) is 0. The van der Waals surface area contributed by atoms with Gasteiger partial charge in [0.25, 0.3) is 0 Å². The standard InChI is InChI=1S/C19H34O/c1-3-5-6-14-20-19-9-7-8-18(15-19)17-12-10-16(4-2)11-13-17/h6,14,16-19H,3-5,7-13,15H2,1-2H3/b14-6+/t16?,17?,18-,19-/m1/s1. The van der Waals surface area contributed by atoms with Gasteiger partial charge in [0.2, 0.25) is 0 Å². The van der Waals surface area contributed by atoms with Crippen LogP contribution in [0.2, 0.25) is 0 Å². The van der Waals surface area contributed by atoms with Gasteiger partial charge in [-0.3, -0.25) is 0 Å². The van der Waals surface area contributed by atoms with E-state index in [1.54, 1.807) is 0 Å². The molecule has 0 aromatic heterocycles. The largest absolute Gasteiger partial charge is 0.498 e. The van der Waals surface area contributed by atoms with E-state index in [1.165, 1.54) is 64.2 Å². The molecule has 0 amide bonds. The Kier molecular flexibility index (Phi) is 6.96. The van der Waals surface area contributed by atoms with E-state index in [1.807, 2.05) is 6.26 Å². The Morgan fingerprint density at radius 3 is 2.45 bits per heavy atom. The van der Waals surface area contributed by atoms with Gasteiger partial charge in [-0.2, -0.15) is 0 Å². The van der Waals surface area contributed by atoms with Gasteiger partial charge < -0.3 is 4.74 Å². The third-order valence-corrected chi connectivity index (χ3v) is 5.62. The quantitative estimate of drug-likeness (QED) is 0.534. The van der Waals surface area contributed by atoms with Gasteiger partial charge in [0.05, 0.1) is 12.4 Å². The molecule has 2 atom stereocenters. The van der Waals surface area contributed by atoms with Crippen molar-refractivity contribution < 1.29 is 4.74 Å². The molecule has 1 nitrogen and oxygen atoms in total. The van der Waals surface area contributed by atoms with Crippen molar-refractivity contribution in [1.29, 1.82) is 0 Å². The number of allylic oxidation sites excluding steroid dienone is 1. The topological polar surface area (TPSA) is 9.23 Å². The third kappa shape index (κ3) is 4.82. The second kappa shape index (κ2) is 8.74. The zero-order valence-electron chi connectivity index (χ0n) is 13.7. The first-order valence-corrected chi connectivity index (χ1v) is 9.13. The van der Waals surface area contributed by atoms with Crippen LogP contribution >= 0.6 is 0 Å². The molecule has 0 spiro atoms. The summed E-state index contributed by atoms with van der Waals surface area (Å²) in [7, 11) is 0. The maximum Gasteiger partial charge on any atom is 0.0981 e. The molecular formula is C19H34O. The van der Waals surface area contributed by atoms with Crippen LogP contribution in [0, 0.1) is 17.8 Å². The molecule has 2 aliphatic carbocycles. The fourth-order valence-corrected chi connectivity index (χ4v) is 4.20. The maximum atomic E-state index is 5.97. The summed E-state index contributed by atoms with van der Waals surface area (Å²) in [4.78, 5) is 0. The van der Waals surface area contributed by atoms with Crippen molar-refractivity contribution in [3.63, 3.8) is 0 Å². The van der Waals surface area contributed by atoms with Crippen molar-refractivity contribution >= 4 is 0 Å². The van der Waals surface area contributed by atoms with Crippen molar-refractivity contribution in [1.82, 2.24) is 0 Å². The summed E-state index contributed by atoms with van der Waals surface area (Å²) in [5.41, 5.74) is 0. The lowest BCUT2D eigenvalue weighted by molar-refractivity contribution is 0.0513. The van der Waals surface area contributed by atoms with Crippen molar-refractivity contribution in [3.8, 4) is 0 Å². The molecule has 0 aliphatic heterocycles. The number of hydrogen-bond acceptors (Lipinski definition) is 1. The molecule has 0 aromatic rings. The van der Waals surface area contributed by atoms with Crippen LogP contribution in [0.1, 0.15) is 84.5 Å². The first-order valence-electron chi connectivity index (χ1n) is 9.13. The summed E-state index contributed by atoms with van der Waals surface area (Å²) in [5.74, 6) is 2.98. The molecule has 2 aliphatic rings. The predicted octanol–water partition coefficient (Wildman–Crippen LogP) is 6.09. The van der Waals surface area contributed by atoms with Gasteiger partial charge in [-0.25, -0.2) is 0 Å². The molecule has 0 radical (unpaired) electrons. The van der Waals surface area contributed by atoms with E-state index in [0.29, 0.717) is 6.10 Å². The molecule has 2 saturated carbocycles. The molecule has 0 heterocycles. The van der Waals surface area contributed by atoms with Crippen LogP contribution in [-0.4, -0.2) is 6.10 Å². The minimum atomic E-state index is 0.505. The molecule has 116 valence electrons. The van der Waals surface area contributed by atoms with Crippen LogP contribution in [0.15, 0.2) is 12.3 Å². The van der Waals surface area contributed by atoms with Crippen LogP contribution in [0.3, 0.4) is 0 Å². The summed E-state index contributed by atoms with van der Waals surface area (Å²) in [6.07, 6.45) is 19.8. The first kappa shape index (κ1) is 15.9. The van der Waals surface area contributed by atoms with Crippen LogP contribution < -0.4 is 0 Å². The van der Waals surface area contributed by atoms with E-state index in [0.717, 1.165) is 24.2 Å². The molecule has 2 fully saturated rings. The normalized spacial score (nSPS) is 35.3. The van der Waals surface area contributed by atoms with E-state index < -0.39 is 0 Å². The molecule has 0 aromatic carbocycles. The van der Waals surface area contributed by atoms with Gasteiger partial charge in [-0.05, 0) is 68.8 Å². The van der Waals surface area contributed by atoms with Gasteiger partial charge in [-0.1, -0.05) is 39.5 Å². The van der Waals surface area contributed by atoms with E-state index >= 15 is 0 Å². The summed E-state index contributed by atoms with van der Waals surface area (Å²) >= 11 is 0. The van der Waals surface area contributed by atoms with Crippen molar-refractivity contribution in [2.24, 2.45) is 17.8 Å². The highest BCUT2D eigenvalue weighted by Gasteiger charge is 2.31. The summed E-state index contributed by atoms with van der Waals surface area (Å²) in [6.45, 7) is 4.58. The molecule has 2 rings (SSSR count). The smallest absolute Gasteiger partial charge is 0.0981 e. The number of unbranched alkanes of at least 4 members (excludes halogenated alkanes) is 1. The third-order valence-electron chi connectivity index (χ3n) is 5.62. The molecule has 0 N–H and O–H groups in total. The van der Waals surface area contributed by atoms with Crippen molar-refractivity contribution in [2.45, 2.75) is 90.6 Å². The zero-order valence-corrected chi connectivity index (χ0v) is 13.7.